The molecule has 6 nitrogen and oxygen atoms in total. The zero-order valence-electron chi connectivity index (χ0n) is 13.2. The molecule has 0 spiro atoms. The van der Waals surface area contributed by atoms with E-state index in [4.69, 9.17) is 0 Å². The Balaban J connectivity index is 1.75. The monoisotopic (exact) mass is 347 g/mol. The van der Waals surface area contributed by atoms with Gasteiger partial charge in [-0.3, -0.25) is 14.9 Å². The number of carbonyl (C=O) groups excluding carboxylic acids is 1. The van der Waals surface area contributed by atoms with Crippen molar-refractivity contribution in [3.63, 3.8) is 0 Å². The Bertz CT molecular complexity index is 842. The molecule has 1 heterocycles. The second-order valence-corrected chi connectivity index (χ2v) is 5.78. The Morgan fingerprint density at radius 3 is 2.84 bits per heavy atom. The highest BCUT2D eigenvalue weighted by atomic mass is 19.1. The van der Waals surface area contributed by atoms with E-state index in [0.29, 0.717) is 24.9 Å². The number of nitro benzene ring substituents is 1. The highest BCUT2D eigenvalue weighted by Crippen LogP contribution is 2.30. The lowest BCUT2D eigenvalue weighted by Crippen LogP contribution is -2.37. The van der Waals surface area contributed by atoms with E-state index in [2.05, 4.69) is 5.32 Å². The summed E-state index contributed by atoms with van der Waals surface area (Å²) in [5.41, 5.74) is 0.924. The van der Waals surface area contributed by atoms with Crippen LogP contribution in [0, 0.1) is 21.7 Å². The van der Waals surface area contributed by atoms with Crippen molar-refractivity contribution in [1.82, 2.24) is 0 Å². The number of hydrogen-bond acceptors (Lipinski definition) is 4. The zero-order chi connectivity index (χ0) is 18.0. The standard InChI is InChI=1S/C17H15F2N3O3/c18-12-7-11-3-2-6-21(17(11)15(19)8-12)10-16(23)20-13-4-1-5-14(9-13)22(24)25/h1,4-5,7-9H,2-3,6,10H2,(H,20,23). The van der Waals surface area contributed by atoms with Crippen molar-refractivity contribution in [3.8, 4) is 0 Å². The summed E-state index contributed by atoms with van der Waals surface area (Å²) in [6.07, 6.45) is 1.23. The quantitative estimate of drug-likeness (QED) is 0.680. The second kappa shape index (κ2) is 6.84. The SMILES string of the molecule is O=C(CN1CCCc2cc(F)cc(F)c21)Nc1cccc([N+](=O)[O-])c1. The molecule has 25 heavy (non-hydrogen) atoms. The molecule has 0 fully saturated rings. The van der Waals surface area contributed by atoms with E-state index >= 15 is 0 Å². The van der Waals surface area contributed by atoms with Crippen LogP contribution in [0.15, 0.2) is 36.4 Å². The molecular formula is C17H15F2N3O3. The van der Waals surface area contributed by atoms with Gasteiger partial charge in [0.1, 0.15) is 11.6 Å². The number of carbonyl (C=O) groups is 1. The van der Waals surface area contributed by atoms with Crippen molar-refractivity contribution in [3.05, 3.63) is 63.7 Å². The first-order valence-corrected chi connectivity index (χ1v) is 7.71. The first-order valence-electron chi connectivity index (χ1n) is 7.71. The minimum absolute atomic E-state index is 0.127. The molecule has 0 aromatic heterocycles. The number of aryl methyl sites for hydroxylation is 1. The van der Waals surface area contributed by atoms with Crippen molar-refractivity contribution < 1.29 is 18.5 Å². The van der Waals surface area contributed by atoms with Crippen molar-refractivity contribution in [1.29, 1.82) is 0 Å². The molecule has 0 unspecified atom stereocenters. The minimum Gasteiger partial charge on any atom is -0.360 e. The summed E-state index contributed by atoms with van der Waals surface area (Å²) in [6, 6.07) is 7.65. The lowest BCUT2D eigenvalue weighted by atomic mass is 10.0. The first kappa shape index (κ1) is 16.8. The fourth-order valence-corrected chi connectivity index (χ4v) is 2.97. The second-order valence-electron chi connectivity index (χ2n) is 5.78. The number of hydrogen-bond donors (Lipinski definition) is 1. The van der Waals surface area contributed by atoms with Crippen LogP contribution in [0.25, 0.3) is 0 Å². The molecule has 2 aromatic carbocycles. The van der Waals surface area contributed by atoms with E-state index in [-0.39, 0.29) is 23.6 Å². The lowest BCUT2D eigenvalue weighted by Gasteiger charge is -2.31. The number of halogens is 2. The maximum Gasteiger partial charge on any atom is 0.271 e. The maximum atomic E-state index is 14.1. The van der Waals surface area contributed by atoms with Gasteiger partial charge in [0.05, 0.1) is 17.2 Å². The minimum atomic E-state index is -0.696. The van der Waals surface area contributed by atoms with Gasteiger partial charge in [0.15, 0.2) is 0 Å². The number of rotatable bonds is 4. The van der Waals surface area contributed by atoms with Gasteiger partial charge in [0, 0.05) is 30.4 Å². The van der Waals surface area contributed by atoms with Gasteiger partial charge in [-0.2, -0.15) is 0 Å². The predicted molar refractivity (Wildman–Crippen MR) is 88.6 cm³/mol. The Hall–Kier alpha value is -3.03. The smallest absolute Gasteiger partial charge is 0.271 e. The molecule has 130 valence electrons. The van der Waals surface area contributed by atoms with Crippen molar-refractivity contribution >= 4 is 23.0 Å². The molecule has 3 rings (SSSR count). The highest BCUT2D eigenvalue weighted by Gasteiger charge is 2.23. The topological polar surface area (TPSA) is 75.5 Å². The number of nitrogens with one attached hydrogen (secondary N) is 1. The molecule has 2 aromatic rings. The molecule has 8 heteroatoms. The zero-order valence-corrected chi connectivity index (χ0v) is 13.2. The van der Waals surface area contributed by atoms with Crippen LogP contribution in [0.5, 0.6) is 0 Å². The molecule has 0 saturated carbocycles. The van der Waals surface area contributed by atoms with Crippen LogP contribution in [0.2, 0.25) is 0 Å². The van der Waals surface area contributed by atoms with Crippen LogP contribution >= 0.6 is 0 Å². The van der Waals surface area contributed by atoms with Gasteiger partial charge in [-0.15, -0.1) is 0 Å². The summed E-state index contributed by atoms with van der Waals surface area (Å²) >= 11 is 0. The van der Waals surface area contributed by atoms with Crippen LogP contribution in [0.3, 0.4) is 0 Å². The fourth-order valence-electron chi connectivity index (χ4n) is 2.97. The fraction of sp³-hybridized carbons (Fsp3) is 0.235. The normalized spacial score (nSPS) is 13.3. The number of non-ortho nitro benzene ring substituents is 1. The van der Waals surface area contributed by atoms with E-state index in [0.717, 1.165) is 6.07 Å². The molecule has 1 aliphatic rings. The number of fused-ring (bicyclic) bond motifs is 1. The van der Waals surface area contributed by atoms with Crippen molar-refractivity contribution in [2.75, 3.05) is 23.3 Å². The molecule has 1 aliphatic heterocycles. The largest absolute Gasteiger partial charge is 0.360 e. The van der Waals surface area contributed by atoms with Gasteiger partial charge >= 0.3 is 0 Å². The molecule has 0 radical (unpaired) electrons. The number of benzene rings is 2. The number of amides is 1. The van der Waals surface area contributed by atoms with Crippen LogP contribution in [-0.4, -0.2) is 23.9 Å². The highest BCUT2D eigenvalue weighted by molar-refractivity contribution is 5.94. The number of anilines is 2. The summed E-state index contributed by atoms with van der Waals surface area (Å²) in [4.78, 5) is 24.0. The van der Waals surface area contributed by atoms with Crippen LogP contribution in [0.1, 0.15) is 12.0 Å². The average molecular weight is 347 g/mol. The van der Waals surface area contributed by atoms with Gasteiger partial charge in [-0.05, 0) is 30.5 Å². The molecule has 0 bridgehead atoms. The van der Waals surface area contributed by atoms with Gasteiger partial charge < -0.3 is 10.2 Å². The van der Waals surface area contributed by atoms with Gasteiger partial charge in [0.25, 0.3) is 5.69 Å². The Labute approximate surface area is 142 Å². The van der Waals surface area contributed by atoms with E-state index < -0.39 is 22.5 Å². The summed E-state index contributed by atoms with van der Waals surface area (Å²) < 4.78 is 27.5. The number of nitrogens with zero attached hydrogens (tertiary/aromatic N) is 2. The molecule has 1 amide bonds. The van der Waals surface area contributed by atoms with E-state index in [1.807, 2.05) is 0 Å². The average Bonchev–Trinajstić information content (AvgIpc) is 2.54. The molecule has 0 aliphatic carbocycles. The van der Waals surface area contributed by atoms with Crippen LogP contribution in [0.4, 0.5) is 25.8 Å². The van der Waals surface area contributed by atoms with E-state index in [1.54, 1.807) is 4.90 Å². The van der Waals surface area contributed by atoms with Gasteiger partial charge in [0.2, 0.25) is 5.91 Å². The Morgan fingerprint density at radius 2 is 2.08 bits per heavy atom. The number of nitro groups is 1. The van der Waals surface area contributed by atoms with Crippen LogP contribution < -0.4 is 10.2 Å². The molecule has 0 saturated heterocycles. The molecular weight excluding hydrogens is 332 g/mol. The Kier molecular flexibility index (Phi) is 4.60. The third-order valence-electron chi connectivity index (χ3n) is 3.97. The Morgan fingerprint density at radius 1 is 1.28 bits per heavy atom. The first-order chi connectivity index (χ1) is 11.9. The summed E-state index contributed by atoms with van der Waals surface area (Å²) in [5, 5.41) is 13.3. The van der Waals surface area contributed by atoms with E-state index in [1.165, 1.54) is 30.3 Å². The van der Waals surface area contributed by atoms with Crippen LogP contribution in [-0.2, 0) is 11.2 Å². The summed E-state index contributed by atoms with van der Waals surface area (Å²) in [6.45, 7) is 0.343. The molecule has 1 N–H and O–H groups in total. The van der Waals surface area contributed by atoms with E-state index in [9.17, 15) is 23.7 Å². The predicted octanol–water partition coefficient (Wildman–Crippen LogP) is 3.26. The lowest BCUT2D eigenvalue weighted by molar-refractivity contribution is -0.384. The summed E-state index contributed by atoms with van der Waals surface area (Å²) in [5.74, 6) is -1.77. The van der Waals surface area contributed by atoms with Crippen molar-refractivity contribution in [2.45, 2.75) is 12.8 Å². The molecule has 0 atom stereocenters. The summed E-state index contributed by atoms with van der Waals surface area (Å²) in [7, 11) is 0. The van der Waals surface area contributed by atoms with Gasteiger partial charge in [-0.1, -0.05) is 6.07 Å². The third kappa shape index (κ3) is 3.73. The maximum absolute atomic E-state index is 14.1. The van der Waals surface area contributed by atoms with Crippen molar-refractivity contribution in [2.24, 2.45) is 0 Å². The van der Waals surface area contributed by atoms with Gasteiger partial charge in [-0.25, -0.2) is 8.78 Å². The third-order valence-corrected chi connectivity index (χ3v) is 3.97.